The van der Waals surface area contributed by atoms with Gasteiger partial charge in [-0.25, -0.2) is 0 Å². The molecule has 4 nitrogen and oxygen atoms in total. The van der Waals surface area contributed by atoms with Gasteiger partial charge in [-0.2, -0.15) is 0 Å². The van der Waals surface area contributed by atoms with E-state index in [1.165, 1.54) is 7.11 Å². The van der Waals surface area contributed by atoms with Gasteiger partial charge in [-0.05, 0) is 12.1 Å². The van der Waals surface area contributed by atoms with Crippen molar-refractivity contribution in [1.29, 1.82) is 0 Å². The quantitative estimate of drug-likeness (QED) is 0.935. The molecule has 0 spiro atoms. The SMILES string of the molecule is COc1cc2c(cc1O)[C@H](C)C(c1ccccc1OC)O2. The summed E-state index contributed by atoms with van der Waals surface area (Å²) < 4.78 is 16.6. The maximum Gasteiger partial charge on any atom is 0.164 e. The van der Waals surface area contributed by atoms with Crippen LogP contribution >= 0.6 is 0 Å². The van der Waals surface area contributed by atoms with Crippen LogP contribution in [0.5, 0.6) is 23.0 Å². The number of rotatable bonds is 3. The number of phenols is 1. The minimum absolute atomic E-state index is 0.119. The van der Waals surface area contributed by atoms with Crippen LogP contribution in [0.2, 0.25) is 0 Å². The molecule has 0 amide bonds. The van der Waals surface area contributed by atoms with E-state index in [4.69, 9.17) is 14.2 Å². The fraction of sp³-hybridized carbons (Fsp3) is 0.294. The van der Waals surface area contributed by atoms with Gasteiger partial charge in [0.1, 0.15) is 17.6 Å². The van der Waals surface area contributed by atoms with Crippen molar-refractivity contribution in [3.05, 3.63) is 47.5 Å². The van der Waals surface area contributed by atoms with Gasteiger partial charge in [0.15, 0.2) is 11.5 Å². The predicted octanol–water partition coefficient (Wildman–Crippen LogP) is 3.65. The molecule has 1 N–H and O–H groups in total. The largest absolute Gasteiger partial charge is 0.504 e. The summed E-state index contributed by atoms with van der Waals surface area (Å²) in [5.74, 6) is 2.22. The summed E-state index contributed by atoms with van der Waals surface area (Å²) in [5.41, 5.74) is 1.98. The minimum Gasteiger partial charge on any atom is -0.504 e. The first kappa shape index (κ1) is 13.6. The van der Waals surface area contributed by atoms with Crippen molar-refractivity contribution in [3.63, 3.8) is 0 Å². The van der Waals surface area contributed by atoms with Gasteiger partial charge in [0, 0.05) is 23.1 Å². The van der Waals surface area contributed by atoms with Crippen LogP contribution in [-0.2, 0) is 0 Å². The number of benzene rings is 2. The maximum absolute atomic E-state index is 9.94. The van der Waals surface area contributed by atoms with E-state index < -0.39 is 0 Å². The molecule has 0 saturated heterocycles. The van der Waals surface area contributed by atoms with E-state index in [0.29, 0.717) is 5.75 Å². The average Bonchev–Trinajstić information content (AvgIpc) is 2.83. The summed E-state index contributed by atoms with van der Waals surface area (Å²) in [6.07, 6.45) is -0.136. The van der Waals surface area contributed by atoms with Crippen molar-refractivity contribution in [3.8, 4) is 23.0 Å². The van der Waals surface area contributed by atoms with Crippen LogP contribution in [0, 0.1) is 0 Å². The molecule has 2 aromatic carbocycles. The Bertz CT molecular complexity index is 666. The number of para-hydroxylation sites is 1. The molecule has 21 heavy (non-hydrogen) atoms. The predicted molar refractivity (Wildman–Crippen MR) is 79.4 cm³/mol. The van der Waals surface area contributed by atoms with Crippen molar-refractivity contribution in [2.75, 3.05) is 14.2 Å². The lowest BCUT2D eigenvalue weighted by atomic mass is 9.92. The van der Waals surface area contributed by atoms with Crippen LogP contribution in [0.3, 0.4) is 0 Å². The van der Waals surface area contributed by atoms with E-state index in [2.05, 4.69) is 6.92 Å². The summed E-state index contributed by atoms with van der Waals surface area (Å²) in [5, 5.41) is 9.94. The van der Waals surface area contributed by atoms with Crippen LogP contribution in [0.1, 0.15) is 30.1 Å². The molecule has 1 unspecified atom stereocenters. The molecule has 0 aromatic heterocycles. The maximum atomic E-state index is 9.94. The molecule has 0 fully saturated rings. The number of methoxy groups -OCH3 is 2. The van der Waals surface area contributed by atoms with Gasteiger partial charge in [0.2, 0.25) is 0 Å². The zero-order valence-electron chi connectivity index (χ0n) is 12.3. The second-order valence-corrected chi connectivity index (χ2v) is 5.13. The topological polar surface area (TPSA) is 47.9 Å². The van der Waals surface area contributed by atoms with Crippen LogP contribution < -0.4 is 14.2 Å². The molecule has 110 valence electrons. The molecule has 0 saturated carbocycles. The monoisotopic (exact) mass is 286 g/mol. The van der Waals surface area contributed by atoms with Gasteiger partial charge in [0.05, 0.1) is 14.2 Å². The fourth-order valence-electron chi connectivity index (χ4n) is 2.82. The summed E-state index contributed by atoms with van der Waals surface area (Å²) in [6, 6.07) is 11.3. The summed E-state index contributed by atoms with van der Waals surface area (Å²) in [4.78, 5) is 0. The number of phenolic OH excluding ortho intramolecular Hbond substituents is 1. The molecule has 1 aliphatic rings. The van der Waals surface area contributed by atoms with E-state index in [-0.39, 0.29) is 17.8 Å². The molecule has 4 heteroatoms. The van der Waals surface area contributed by atoms with E-state index >= 15 is 0 Å². The number of fused-ring (bicyclic) bond motifs is 1. The van der Waals surface area contributed by atoms with Crippen molar-refractivity contribution < 1.29 is 19.3 Å². The Hall–Kier alpha value is -2.36. The first-order chi connectivity index (χ1) is 10.2. The molecular formula is C17H18O4. The Labute approximate surface area is 123 Å². The van der Waals surface area contributed by atoms with Crippen molar-refractivity contribution in [2.24, 2.45) is 0 Å². The Morgan fingerprint density at radius 1 is 1.00 bits per heavy atom. The number of hydrogen-bond acceptors (Lipinski definition) is 4. The lowest BCUT2D eigenvalue weighted by Gasteiger charge is -2.18. The molecule has 0 bridgehead atoms. The highest BCUT2D eigenvalue weighted by Crippen LogP contribution is 2.50. The third-order valence-electron chi connectivity index (χ3n) is 3.96. The molecule has 0 aliphatic carbocycles. The average molecular weight is 286 g/mol. The zero-order chi connectivity index (χ0) is 15.0. The summed E-state index contributed by atoms with van der Waals surface area (Å²) in [6.45, 7) is 2.08. The third kappa shape index (κ3) is 2.17. The zero-order valence-corrected chi connectivity index (χ0v) is 12.3. The first-order valence-corrected chi connectivity index (χ1v) is 6.86. The van der Waals surface area contributed by atoms with Crippen LogP contribution in [0.4, 0.5) is 0 Å². The van der Waals surface area contributed by atoms with Gasteiger partial charge >= 0.3 is 0 Å². The van der Waals surface area contributed by atoms with Crippen molar-refractivity contribution >= 4 is 0 Å². The molecule has 1 aliphatic heterocycles. The normalized spacial score (nSPS) is 19.8. The Morgan fingerprint density at radius 3 is 2.43 bits per heavy atom. The lowest BCUT2D eigenvalue weighted by molar-refractivity contribution is 0.209. The number of ether oxygens (including phenoxy) is 3. The fourth-order valence-corrected chi connectivity index (χ4v) is 2.82. The van der Waals surface area contributed by atoms with Gasteiger partial charge in [-0.3, -0.25) is 0 Å². The summed E-state index contributed by atoms with van der Waals surface area (Å²) in [7, 11) is 3.18. The Kier molecular flexibility index (Phi) is 3.37. The number of hydrogen-bond donors (Lipinski definition) is 1. The lowest BCUT2D eigenvalue weighted by Crippen LogP contribution is -2.08. The molecule has 2 aromatic rings. The molecule has 3 rings (SSSR count). The van der Waals surface area contributed by atoms with Gasteiger partial charge < -0.3 is 19.3 Å². The van der Waals surface area contributed by atoms with Crippen LogP contribution in [0.15, 0.2) is 36.4 Å². The van der Waals surface area contributed by atoms with Gasteiger partial charge in [-0.15, -0.1) is 0 Å². The molecule has 2 atom stereocenters. The minimum atomic E-state index is -0.136. The van der Waals surface area contributed by atoms with Crippen molar-refractivity contribution in [2.45, 2.75) is 18.9 Å². The van der Waals surface area contributed by atoms with E-state index in [0.717, 1.165) is 22.6 Å². The van der Waals surface area contributed by atoms with Crippen LogP contribution in [-0.4, -0.2) is 19.3 Å². The van der Waals surface area contributed by atoms with Crippen molar-refractivity contribution in [1.82, 2.24) is 0 Å². The smallest absolute Gasteiger partial charge is 0.164 e. The standard InChI is InChI=1S/C17H18O4/c1-10-12-8-13(18)16(20-3)9-15(12)21-17(10)11-6-4-5-7-14(11)19-2/h4-10,17-18H,1-3H3/t10-,17?/m0/s1. The molecular weight excluding hydrogens is 268 g/mol. The van der Waals surface area contributed by atoms with E-state index in [1.54, 1.807) is 19.2 Å². The van der Waals surface area contributed by atoms with Gasteiger partial charge in [-0.1, -0.05) is 25.1 Å². The highest BCUT2D eigenvalue weighted by Gasteiger charge is 2.35. The second-order valence-electron chi connectivity index (χ2n) is 5.13. The van der Waals surface area contributed by atoms with Gasteiger partial charge in [0.25, 0.3) is 0 Å². The Balaban J connectivity index is 2.02. The molecule has 0 radical (unpaired) electrons. The highest BCUT2D eigenvalue weighted by molar-refractivity contribution is 5.54. The third-order valence-corrected chi connectivity index (χ3v) is 3.96. The molecule has 1 heterocycles. The second kappa shape index (κ2) is 5.20. The van der Waals surface area contributed by atoms with E-state index in [1.807, 2.05) is 24.3 Å². The number of aromatic hydroxyl groups is 1. The first-order valence-electron chi connectivity index (χ1n) is 6.86. The highest BCUT2D eigenvalue weighted by atomic mass is 16.5. The summed E-state index contributed by atoms with van der Waals surface area (Å²) >= 11 is 0. The van der Waals surface area contributed by atoms with Crippen LogP contribution in [0.25, 0.3) is 0 Å². The van der Waals surface area contributed by atoms with E-state index in [9.17, 15) is 5.11 Å². The Morgan fingerprint density at radius 2 is 1.71 bits per heavy atom.